The number of carbonyl (C=O) groups excluding carboxylic acids is 1. The van der Waals surface area contributed by atoms with Gasteiger partial charge in [0.15, 0.2) is 0 Å². The molecule has 1 N–H and O–H groups in total. The van der Waals surface area contributed by atoms with Crippen molar-refractivity contribution < 1.29 is 18.7 Å². The van der Waals surface area contributed by atoms with Gasteiger partial charge in [-0.25, -0.2) is 9.37 Å². The predicted molar refractivity (Wildman–Crippen MR) is 103 cm³/mol. The Kier molecular flexibility index (Phi) is 9.09. The first-order valence-corrected chi connectivity index (χ1v) is 9.46. The maximum Gasteiger partial charge on any atom is 0.221 e. The van der Waals surface area contributed by atoms with Crippen molar-refractivity contribution in [2.24, 2.45) is 0 Å². The summed E-state index contributed by atoms with van der Waals surface area (Å²) in [6.07, 6.45) is 0.882. The van der Waals surface area contributed by atoms with Crippen LogP contribution in [0.3, 0.4) is 0 Å². The van der Waals surface area contributed by atoms with Gasteiger partial charge in [0.05, 0.1) is 13.2 Å². The van der Waals surface area contributed by atoms with Crippen LogP contribution in [0.25, 0.3) is 0 Å². The van der Waals surface area contributed by atoms with Gasteiger partial charge < -0.3 is 19.7 Å². The number of amides is 1. The lowest BCUT2D eigenvalue weighted by atomic mass is 10.1. The first-order valence-electron chi connectivity index (χ1n) is 8.69. The maximum atomic E-state index is 13.0. The van der Waals surface area contributed by atoms with Gasteiger partial charge in [-0.1, -0.05) is 12.1 Å². The van der Waals surface area contributed by atoms with Crippen molar-refractivity contribution in [3.8, 4) is 0 Å². The monoisotopic (exact) mass is 396 g/mol. The summed E-state index contributed by atoms with van der Waals surface area (Å²) in [7, 11) is 3.23. The van der Waals surface area contributed by atoms with Crippen LogP contribution in [0.5, 0.6) is 0 Å². The van der Waals surface area contributed by atoms with E-state index in [1.165, 1.54) is 23.7 Å². The van der Waals surface area contributed by atoms with Crippen molar-refractivity contribution in [2.75, 3.05) is 52.0 Å². The van der Waals surface area contributed by atoms with E-state index in [2.05, 4.69) is 14.7 Å². The molecule has 27 heavy (non-hydrogen) atoms. The lowest BCUT2D eigenvalue weighted by Gasteiger charge is -2.20. The van der Waals surface area contributed by atoms with E-state index < -0.39 is 0 Å². The predicted octanol–water partition coefficient (Wildman–Crippen LogP) is 1.87. The lowest BCUT2D eigenvalue weighted by Crippen LogP contribution is -2.34. The standard InChI is InChI=1S/C18H25FN4O3S/c1-25-11-8-20-17(24)7-9-23(10-12-26-2)18-21-16(22-27-18)13-14-3-5-15(19)6-4-14/h3-6H,7-13H2,1-2H3,(H,20,24). The zero-order chi connectivity index (χ0) is 19.5. The van der Waals surface area contributed by atoms with Crippen molar-refractivity contribution in [1.29, 1.82) is 0 Å². The number of hydrogen-bond donors (Lipinski definition) is 1. The molecule has 7 nitrogen and oxygen atoms in total. The summed E-state index contributed by atoms with van der Waals surface area (Å²) in [5.41, 5.74) is 0.946. The molecule has 1 aromatic heterocycles. The van der Waals surface area contributed by atoms with Crippen molar-refractivity contribution in [3.63, 3.8) is 0 Å². The Morgan fingerprint density at radius 2 is 1.93 bits per heavy atom. The van der Waals surface area contributed by atoms with E-state index in [1.54, 1.807) is 26.4 Å². The average Bonchev–Trinajstić information content (AvgIpc) is 3.12. The number of hydrogen-bond acceptors (Lipinski definition) is 7. The van der Waals surface area contributed by atoms with Crippen LogP contribution in [0.15, 0.2) is 24.3 Å². The second-order valence-electron chi connectivity index (χ2n) is 5.87. The summed E-state index contributed by atoms with van der Waals surface area (Å²) in [5.74, 6) is 0.374. The molecule has 1 aromatic carbocycles. The minimum atomic E-state index is -0.264. The minimum absolute atomic E-state index is 0.0366. The molecule has 0 aliphatic rings. The second kappa shape index (κ2) is 11.6. The van der Waals surface area contributed by atoms with Gasteiger partial charge >= 0.3 is 0 Å². The van der Waals surface area contributed by atoms with Crippen molar-refractivity contribution in [1.82, 2.24) is 14.7 Å². The fourth-order valence-electron chi connectivity index (χ4n) is 2.35. The summed E-state index contributed by atoms with van der Waals surface area (Å²) in [6, 6.07) is 6.30. The molecular weight excluding hydrogens is 371 g/mol. The number of benzene rings is 1. The van der Waals surface area contributed by atoms with E-state index in [-0.39, 0.29) is 11.7 Å². The van der Waals surface area contributed by atoms with E-state index in [1.807, 2.05) is 4.90 Å². The number of ether oxygens (including phenoxy) is 2. The first-order chi connectivity index (χ1) is 13.1. The average molecular weight is 396 g/mol. The van der Waals surface area contributed by atoms with E-state index in [0.29, 0.717) is 51.5 Å². The smallest absolute Gasteiger partial charge is 0.221 e. The lowest BCUT2D eigenvalue weighted by molar-refractivity contribution is -0.121. The van der Waals surface area contributed by atoms with Gasteiger partial charge in [-0.2, -0.15) is 4.37 Å². The van der Waals surface area contributed by atoms with Crippen LogP contribution in [-0.4, -0.2) is 62.3 Å². The normalized spacial score (nSPS) is 10.8. The Balaban J connectivity index is 1.93. The van der Waals surface area contributed by atoms with E-state index in [4.69, 9.17) is 9.47 Å². The van der Waals surface area contributed by atoms with Crippen LogP contribution < -0.4 is 10.2 Å². The number of nitrogens with one attached hydrogen (secondary N) is 1. The SMILES string of the molecule is COCCNC(=O)CCN(CCOC)c1nc(Cc2ccc(F)cc2)ns1. The van der Waals surface area contributed by atoms with Crippen LogP contribution >= 0.6 is 11.5 Å². The van der Waals surface area contributed by atoms with Crippen molar-refractivity contribution in [2.45, 2.75) is 12.8 Å². The van der Waals surface area contributed by atoms with Gasteiger partial charge in [0, 0.05) is 58.2 Å². The summed E-state index contributed by atoms with van der Waals surface area (Å²) in [4.78, 5) is 18.5. The molecule has 0 spiro atoms. The molecule has 2 aromatic rings. The molecule has 0 fully saturated rings. The summed E-state index contributed by atoms with van der Waals surface area (Å²) < 4.78 is 27.5. The summed E-state index contributed by atoms with van der Waals surface area (Å²) in [5, 5.41) is 3.55. The maximum absolute atomic E-state index is 13.0. The summed E-state index contributed by atoms with van der Waals surface area (Å²) in [6.45, 7) is 2.65. The van der Waals surface area contributed by atoms with Gasteiger partial charge in [0.1, 0.15) is 11.6 Å². The molecule has 0 atom stereocenters. The number of rotatable bonds is 12. The third-order valence-electron chi connectivity index (χ3n) is 3.81. The number of nitrogens with zero attached hydrogens (tertiary/aromatic N) is 3. The third-order valence-corrected chi connectivity index (χ3v) is 4.62. The number of methoxy groups -OCH3 is 2. The Hall–Kier alpha value is -2.10. The van der Waals surface area contributed by atoms with Crippen LogP contribution in [0.2, 0.25) is 0 Å². The molecule has 0 aliphatic carbocycles. The largest absolute Gasteiger partial charge is 0.383 e. The fraction of sp³-hybridized carbons (Fsp3) is 0.500. The van der Waals surface area contributed by atoms with Gasteiger partial charge in [-0.15, -0.1) is 0 Å². The topological polar surface area (TPSA) is 76.6 Å². The molecule has 0 unspecified atom stereocenters. The summed E-state index contributed by atoms with van der Waals surface area (Å²) >= 11 is 1.29. The Labute approximate surface area is 162 Å². The highest BCUT2D eigenvalue weighted by Crippen LogP contribution is 2.19. The molecule has 1 amide bonds. The highest BCUT2D eigenvalue weighted by atomic mass is 32.1. The number of anilines is 1. The molecule has 0 aliphatic heterocycles. The quantitative estimate of drug-likeness (QED) is 0.552. The Morgan fingerprint density at radius 1 is 1.19 bits per heavy atom. The molecule has 0 radical (unpaired) electrons. The van der Waals surface area contributed by atoms with E-state index >= 15 is 0 Å². The zero-order valence-electron chi connectivity index (χ0n) is 15.6. The van der Waals surface area contributed by atoms with Gasteiger partial charge in [0.2, 0.25) is 11.0 Å². The second-order valence-corrected chi connectivity index (χ2v) is 6.60. The molecule has 0 saturated heterocycles. The minimum Gasteiger partial charge on any atom is -0.383 e. The first kappa shape index (κ1) is 21.2. The van der Waals surface area contributed by atoms with Crippen molar-refractivity contribution in [3.05, 3.63) is 41.5 Å². The highest BCUT2D eigenvalue weighted by molar-refractivity contribution is 7.09. The van der Waals surface area contributed by atoms with E-state index in [9.17, 15) is 9.18 Å². The van der Waals surface area contributed by atoms with Crippen LogP contribution in [0.4, 0.5) is 9.52 Å². The Bertz CT molecular complexity index is 696. The molecule has 1 heterocycles. The molecule has 9 heteroatoms. The van der Waals surface area contributed by atoms with Crippen molar-refractivity contribution >= 4 is 22.6 Å². The van der Waals surface area contributed by atoms with Crippen LogP contribution in [0.1, 0.15) is 17.8 Å². The Morgan fingerprint density at radius 3 is 2.63 bits per heavy atom. The number of halogens is 1. The molecule has 0 saturated carbocycles. The van der Waals surface area contributed by atoms with Gasteiger partial charge in [-0.05, 0) is 17.7 Å². The molecule has 2 rings (SSSR count). The molecular formula is C18H25FN4O3S. The molecule has 148 valence electrons. The van der Waals surface area contributed by atoms with Crippen LogP contribution in [0, 0.1) is 5.82 Å². The highest BCUT2D eigenvalue weighted by Gasteiger charge is 2.14. The zero-order valence-corrected chi connectivity index (χ0v) is 16.4. The number of carbonyl (C=O) groups is 1. The van der Waals surface area contributed by atoms with Gasteiger partial charge in [-0.3, -0.25) is 4.79 Å². The fourth-order valence-corrected chi connectivity index (χ4v) is 3.09. The number of aromatic nitrogens is 2. The van der Waals surface area contributed by atoms with E-state index in [0.717, 1.165) is 10.7 Å². The third kappa shape index (κ3) is 7.58. The molecule has 0 bridgehead atoms. The van der Waals surface area contributed by atoms with Crippen LogP contribution in [-0.2, 0) is 20.7 Å². The van der Waals surface area contributed by atoms with Gasteiger partial charge in [0.25, 0.3) is 0 Å².